The number of carbonyl (C=O) groups is 1. The van der Waals surface area contributed by atoms with E-state index in [2.05, 4.69) is 20.7 Å². The molecule has 0 saturated carbocycles. The van der Waals surface area contributed by atoms with Gasteiger partial charge in [0.1, 0.15) is 0 Å². The molecule has 0 spiro atoms. The summed E-state index contributed by atoms with van der Waals surface area (Å²) in [6, 6.07) is 13.6. The van der Waals surface area contributed by atoms with Gasteiger partial charge in [-0.3, -0.25) is 9.78 Å². The van der Waals surface area contributed by atoms with Crippen LogP contribution in [0.4, 0.5) is 0 Å². The number of nitrogens with one attached hydrogen (secondary N) is 1. The van der Waals surface area contributed by atoms with Crippen LogP contribution in [0.1, 0.15) is 21.5 Å². The summed E-state index contributed by atoms with van der Waals surface area (Å²) in [7, 11) is 0. The molecule has 3 heterocycles. The van der Waals surface area contributed by atoms with Crippen LogP contribution in [-0.4, -0.2) is 20.4 Å². The van der Waals surface area contributed by atoms with Crippen molar-refractivity contribution in [1.82, 2.24) is 19.9 Å². The molecule has 6 heteroatoms. The number of rotatable bonds is 6. The summed E-state index contributed by atoms with van der Waals surface area (Å²) in [4.78, 5) is 20.8. The number of hydrogen-bond acceptors (Lipinski definition) is 4. The number of aromatic nitrogens is 3. The highest BCUT2D eigenvalue weighted by molar-refractivity contribution is 7.08. The zero-order valence-electron chi connectivity index (χ0n) is 14.6. The first-order chi connectivity index (χ1) is 13.3. The molecule has 3 aromatic heterocycles. The zero-order valence-corrected chi connectivity index (χ0v) is 15.4. The third-order valence-corrected chi connectivity index (χ3v) is 4.92. The number of pyridine rings is 1. The number of benzene rings is 1. The summed E-state index contributed by atoms with van der Waals surface area (Å²) in [5.74, 6) is -0.0851. The summed E-state index contributed by atoms with van der Waals surface area (Å²) >= 11 is 1.64. The molecule has 0 aliphatic rings. The Morgan fingerprint density at radius 1 is 1.07 bits per heavy atom. The molecule has 0 aliphatic heterocycles. The van der Waals surface area contributed by atoms with E-state index in [9.17, 15) is 4.79 Å². The van der Waals surface area contributed by atoms with Gasteiger partial charge in [0.15, 0.2) is 0 Å². The Balaban J connectivity index is 1.37. The van der Waals surface area contributed by atoms with Gasteiger partial charge in [0, 0.05) is 48.2 Å². The molecule has 1 N–H and O–H groups in total. The number of hydrogen-bond donors (Lipinski definition) is 1. The van der Waals surface area contributed by atoms with Crippen molar-refractivity contribution in [3.63, 3.8) is 0 Å². The lowest BCUT2D eigenvalue weighted by Gasteiger charge is -2.08. The van der Waals surface area contributed by atoms with Crippen LogP contribution >= 0.6 is 11.3 Å². The van der Waals surface area contributed by atoms with E-state index in [4.69, 9.17) is 0 Å². The zero-order chi connectivity index (χ0) is 18.5. The molecule has 1 amide bonds. The highest BCUT2D eigenvalue weighted by Crippen LogP contribution is 2.20. The lowest BCUT2D eigenvalue weighted by molar-refractivity contribution is 0.0951. The Kier molecular flexibility index (Phi) is 5.07. The summed E-state index contributed by atoms with van der Waals surface area (Å²) in [6.45, 7) is 1.21. The van der Waals surface area contributed by atoms with E-state index in [1.54, 1.807) is 30.1 Å². The van der Waals surface area contributed by atoms with E-state index >= 15 is 0 Å². The third-order valence-electron chi connectivity index (χ3n) is 4.23. The van der Waals surface area contributed by atoms with Crippen LogP contribution in [0, 0.1) is 0 Å². The van der Waals surface area contributed by atoms with Crippen molar-refractivity contribution in [2.75, 3.05) is 0 Å². The number of carbonyl (C=O) groups excluding carboxylic acids is 1. The third kappa shape index (κ3) is 4.30. The maximum absolute atomic E-state index is 12.4. The van der Waals surface area contributed by atoms with Crippen LogP contribution in [-0.2, 0) is 13.1 Å². The fourth-order valence-electron chi connectivity index (χ4n) is 2.79. The van der Waals surface area contributed by atoms with Crippen LogP contribution in [0.25, 0.3) is 11.3 Å². The minimum Gasteiger partial charge on any atom is -0.348 e. The van der Waals surface area contributed by atoms with Gasteiger partial charge in [-0.1, -0.05) is 12.1 Å². The van der Waals surface area contributed by atoms with Crippen molar-refractivity contribution < 1.29 is 4.79 Å². The summed E-state index contributed by atoms with van der Waals surface area (Å²) < 4.78 is 1.99. The molecule has 0 saturated heterocycles. The van der Waals surface area contributed by atoms with Crippen molar-refractivity contribution in [2.45, 2.75) is 13.1 Å². The van der Waals surface area contributed by atoms with Crippen LogP contribution < -0.4 is 5.32 Å². The number of amides is 1. The SMILES string of the molecule is O=C(NCc1ccnc(-c2ccsc2)c1)c1ccc(Cn2ccnc2)cc1. The molecule has 0 atom stereocenters. The predicted octanol–water partition coefficient (Wildman–Crippen LogP) is 3.98. The van der Waals surface area contributed by atoms with Crippen LogP contribution in [0.2, 0.25) is 0 Å². The standard InChI is InChI=1S/C21H18N4OS/c26-21(18-3-1-16(2-4-18)13-25-9-8-22-15-25)24-12-17-5-7-23-20(11-17)19-6-10-27-14-19/h1-11,14-15H,12-13H2,(H,24,26). The number of thiophene rings is 1. The number of imidazole rings is 1. The van der Waals surface area contributed by atoms with E-state index in [1.165, 1.54) is 0 Å². The highest BCUT2D eigenvalue weighted by atomic mass is 32.1. The van der Waals surface area contributed by atoms with Gasteiger partial charge in [-0.25, -0.2) is 4.98 Å². The first-order valence-electron chi connectivity index (χ1n) is 8.58. The Labute approximate surface area is 161 Å². The lowest BCUT2D eigenvalue weighted by Crippen LogP contribution is -2.22. The topological polar surface area (TPSA) is 59.8 Å². The molecular weight excluding hydrogens is 356 g/mol. The second-order valence-corrected chi connectivity index (χ2v) is 6.96. The summed E-state index contributed by atoms with van der Waals surface area (Å²) in [5.41, 5.74) is 4.82. The molecule has 1 aromatic carbocycles. The average Bonchev–Trinajstić information content (AvgIpc) is 3.41. The molecule has 4 aromatic rings. The molecular formula is C21H18N4OS. The first-order valence-corrected chi connectivity index (χ1v) is 9.52. The van der Waals surface area contributed by atoms with Gasteiger partial charge in [0.05, 0.1) is 12.0 Å². The fourth-order valence-corrected chi connectivity index (χ4v) is 3.44. The monoisotopic (exact) mass is 374 g/mol. The largest absolute Gasteiger partial charge is 0.348 e. The van der Waals surface area contributed by atoms with E-state index in [-0.39, 0.29) is 5.91 Å². The Bertz CT molecular complexity index is 1010. The van der Waals surface area contributed by atoms with Gasteiger partial charge in [-0.15, -0.1) is 0 Å². The van der Waals surface area contributed by atoms with Crippen molar-refractivity contribution in [3.05, 3.63) is 94.8 Å². The second kappa shape index (κ2) is 7.97. The molecule has 27 heavy (non-hydrogen) atoms. The minimum atomic E-state index is -0.0851. The molecule has 0 aliphatic carbocycles. The molecule has 0 fully saturated rings. The van der Waals surface area contributed by atoms with Gasteiger partial charge in [-0.2, -0.15) is 11.3 Å². The Morgan fingerprint density at radius 3 is 2.70 bits per heavy atom. The molecule has 5 nitrogen and oxygen atoms in total. The number of nitrogens with zero attached hydrogens (tertiary/aromatic N) is 3. The van der Waals surface area contributed by atoms with Crippen molar-refractivity contribution >= 4 is 17.2 Å². The second-order valence-electron chi connectivity index (χ2n) is 6.18. The predicted molar refractivity (Wildman–Crippen MR) is 106 cm³/mol. The van der Waals surface area contributed by atoms with Gasteiger partial charge in [0.2, 0.25) is 0 Å². The maximum atomic E-state index is 12.4. The Hall–Kier alpha value is -3.25. The smallest absolute Gasteiger partial charge is 0.251 e. The summed E-state index contributed by atoms with van der Waals surface area (Å²) in [5, 5.41) is 7.07. The van der Waals surface area contributed by atoms with E-state index < -0.39 is 0 Å². The van der Waals surface area contributed by atoms with Crippen molar-refractivity contribution in [1.29, 1.82) is 0 Å². The van der Waals surface area contributed by atoms with Gasteiger partial charge in [-0.05, 0) is 46.8 Å². The average molecular weight is 374 g/mol. The van der Waals surface area contributed by atoms with Crippen molar-refractivity contribution in [2.24, 2.45) is 0 Å². The maximum Gasteiger partial charge on any atom is 0.251 e. The molecule has 0 bridgehead atoms. The van der Waals surface area contributed by atoms with E-state index in [0.717, 1.165) is 28.9 Å². The fraction of sp³-hybridized carbons (Fsp3) is 0.0952. The molecule has 0 radical (unpaired) electrons. The normalized spacial score (nSPS) is 10.7. The van der Waals surface area contributed by atoms with Gasteiger partial charge in [0.25, 0.3) is 5.91 Å². The van der Waals surface area contributed by atoms with Gasteiger partial charge < -0.3 is 9.88 Å². The lowest BCUT2D eigenvalue weighted by atomic mass is 10.1. The van der Waals surface area contributed by atoms with Crippen LogP contribution in [0.15, 0.2) is 78.1 Å². The minimum absolute atomic E-state index is 0.0851. The van der Waals surface area contributed by atoms with Crippen LogP contribution in [0.3, 0.4) is 0 Å². The quantitative estimate of drug-likeness (QED) is 0.555. The van der Waals surface area contributed by atoms with E-state index in [0.29, 0.717) is 12.1 Å². The molecule has 134 valence electrons. The first kappa shape index (κ1) is 17.2. The van der Waals surface area contributed by atoms with Crippen LogP contribution in [0.5, 0.6) is 0 Å². The van der Waals surface area contributed by atoms with Crippen molar-refractivity contribution in [3.8, 4) is 11.3 Å². The van der Waals surface area contributed by atoms with Gasteiger partial charge >= 0.3 is 0 Å². The van der Waals surface area contributed by atoms with E-state index in [1.807, 2.05) is 58.6 Å². The Morgan fingerprint density at radius 2 is 1.96 bits per heavy atom. The molecule has 4 rings (SSSR count). The molecule has 0 unspecified atom stereocenters. The highest BCUT2D eigenvalue weighted by Gasteiger charge is 2.07. The summed E-state index contributed by atoms with van der Waals surface area (Å²) in [6.07, 6.45) is 7.23.